The number of phenols is 1. The minimum Gasteiger partial charge on any atom is -0.505 e. The maximum absolute atomic E-state index is 12.6. The third-order valence-corrected chi connectivity index (χ3v) is 5.17. The van der Waals surface area contributed by atoms with Crippen LogP contribution in [-0.2, 0) is 4.79 Å². The molecule has 2 aromatic carbocycles. The summed E-state index contributed by atoms with van der Waals surface area (Å²) in [5, 5.41) is 25.8. The topological polar surface area (TPSA) is 124 Å². The molecule has 0 bridgehead atoms. The molecule has 9 heteroatoms. The average Bonchev–Trinajstić information content (AvgIpc) is 3.24. The van der Waals surface area contributed by atoms with E-state index in [0.29, 0.717) is 29.9 Å². The van der Waals surface area contributed by atoms with Crippen LogP contribution in [0.4, 0.5) is 5.69 Å². The molecule has 0 unspecified atom stereocenters. The van der Waals surface area contributed by atoms with E-state index < -0.39 is 11.0 Å². The molecule has 0 aliphatic carbocycles. The van der Waals surface area contributed by atoms with Gasteiger partial charge in [-0.05, 0) is 36.2 Å². The lowest BCUT2D eigenvalue weighted by molar-refractivity contribution is -0.383. The number of non-ortho nitro benzene ring substituents is 1. The first-order chi connectivity index (χ1) is 15.0. The minimum absolute atomic E-state index is 0.0862. The van der Waals surface area contributed by atoms with Crippen molar-refractivity contribution >= 4 is 22.5 Å². The molecule has 1 amide bonds. The van der Waals surface area contributed by atoms with Gasteiger partial charge < -0.3 is 19.9 Å². The van der Waals surface area contributed by atoms with Crippen LogP contribution in [-0.4, -0.2) is 27.7 Å². The molecule has 1 aromatic heterocycles. The Hall–Kier alpha value is -3.88. The molecule has 2 N–H and O–H groups in total. The number of hydrogen-bond donors (Lipinski definition) is 2. The van der Waals surface area contributed by atoms with Gasteiger partial charge in [-0.25, -0.2) is 0 Å². The molecule has 31 heavy (non-hydrogen) atoms. The number of pyridine rings is 1. The van der Waals surface area contributed by atoms with Gasteiger partial charge in [0.1, 0.15) is 11.3 Å². The molecule has 0 spiro atoms. The quantitative estimate of drug-likeness (QED) is 0.435. The summed E-state index contributed by atoms with van der Waals surface area (Å²) in [6.45, 7) is 2.07. The summed E-state index contributed by atoms with van der Waals surface area (Å²) in [7, 11) is 0. The van der Waals surface area contributed by atoms with Crippen molar-refractivity contribution in [3.05, 3.63) is 63.8 Å². The summed E-state index contributed by atoms with van der Waals surface area (Å²) in [6, 6.07) is 8.66. The Balaban J connectivity index is 1.87. The van der Waals surface area contributed by atoms with Gasteiger partial charge in [0.05, 0.1) is 16.4 Å². The van der Waals surface area contributed by atoms with Crippen LogP contribution < -0.4 is 14.8 Å². The van der Waals surface area contributed by atoms with E-state index in [2.05, 4.69) is 10.3 Å². The number of phenolic OH excluding ortho intramolecular Hbond substituents is 1. The van der Waals surface area contributed by atoms with E-state index in [1.165, 1.54) is 18.3 Å². The zero-order chi connectivity index (χ0) is 22.0. The lowest BCUT2D eigenvalue weighted by Gasteiger charge is -2.22. The Morgan fingerprint density at radius 2 is 2.10 bits per heavy atom. The Bertz CT molecular complexity index is 1160. The number of nitrogens with zero attached hydrogens (tertiary/aromatic N) is 2. The molecule has 4 rings (SSSR count). The number of hydrogen-bond acceptors (Lipinski definition) is 7. The Labute approximate surface area is 177 Å². The number of nitrogens with one attached hydrogen (secondary N) is 1. The monoisotopic (exact) mass is 423 g/mol. The van der Waals surface area contributed by atoms with Gasteiger partial charge in [-0.3, -0.25) is 19.9 Å². The van der Waals surface area contributed by atoms with Gasteiger partial charge in [0.15, 0.2) is 11.5 Å². The van der Waals surface area contributed by atoms with Gasteiger partial charge in [-0.1, -0.05) is 19.4 Å². The molecule has 2 heterocycles. The van der Waals surface area contributed by atoms with E-state index >= 15 is 0 Å². The number of aromatic nitrogens is 1. The molecule has 1 aliphatic rings. The molecular formula is C22H21N3O6. The Kier molecular flexibility index (Phi) is 5.57. The lowest BCUT2D eigenvalue weighted by Crippen LogP contribution is -2.29. The third kappa shape index (κ3) is 3.94. The number of nitro groups is 1. The highest BCUT2D eigenvalue weighted by Gasteiger charge is 2.28. The van der Waals surface area contributed by atoms with Gasteiger partial charge in [0.2, 0.25) is 12.7 Å². The second kappa shape index (κ2) is 8.47. The van der Waals surface area contributed by atoms with Crippen LogP contribution in [0.3, 0.4) is 0 Å². The largest absolute Gasteiger partial charge is 0.505 e. The van der Waals surface area contributed by atoms with E-state index in [1.54, 1.807) is 24.3 Å². The predicted molar refractivity (Wildman–Crippen MR) is 112 cm³/mol. The fourth-order valence-electron chi connectivity index (χ4n) is 3.61. The first-order valence-corrected chi connectivity index (χ1v) is 9.93. The van der Waals surface area contributed by atoms with Crippen LogP contribution in [0.25, 0.3) is 10.9 Å². The van der Waals surface area contributed by atoms with Crippen molar-refractivity contribution in [1.82, 2.24) is 10.3 Å². The fourth-order valence-corrected chi connectivity index (χ4v) is 3.61. The number of ether oxygens (including phenoxy) is 2. The number of carbonyl (C=O) groups is 1. The molecule has 3 aromatic rings. The number of aromatic hydroxyl groups is 1. The number of fused-ring (bicyclic) bond motifs is 2. The molecule has 1 aliphatic heterocycles. The van der Waals surface area contributed by atoms with Crippen LogP contribution in [0.2, 0.25) is 0 Å². The number of nitro benzene ring substituents is 1. The summed E-state index contributed by atoms with van der Waals surface area (Å²) >= 11 is 0. The SMILES string of the molecule is CCCCC(=O)N[C@H](c1ccc2c(c1)OCO2)c1cc([N+](=O)[O-])c2cccnc2c1O. The average molecular weight is 423 g/mol. The summed E-state index contributed by atoms with van der Waals surface area (Å²) in [5.74, 6) is 0.612. The van der Waals surface area contributed by atoms with Crippen molar-refractivity contribution in [1.29, 1.82) is 0 Å². The number of benzene rings is 2. The van der Waals surface area contributed by atoms with Crippen molar-refractivity contribution in [3.8, 4) is 17.2 Å². The second-order valence-electron chi connectivity index (χ2n) is 7.21. The van der Waals surface area contributed by atoms with Gasteiger partial charge in [-0.15, -0.1) is 0 Å². The summed E-state index contributed by atoms with van der Waals surface area (Å²) in [6.07, 6.45) is 3.29. The Morgan fingerprint density at radius 3 is 2.87 bits per heavy atom. The number of rotatable bonds is 7. The standard InChI is InChI=1S/C22H21N3O6/c1-2-3-6-19(26)24-20(13-7-8-17-18(10-13)31-12-30-17)15-11-16(25(28)29)14-5-4-9-23-21(14)22(15)27/h4-5,7-11,20,27H,2-3,6,12H2,1H3,(H,24,26)/t20-/m1/s1. The van der Waals surface area contributed by atoms with Crippen molar-refractivity contribution in [2.45, 2.75) is 32.2 Å². The van der Waals surface area contributed by atoms with Gasteiger partial charge in [0.25, 0.3) is 5.69 Å². The molecule has 0 saturated carbocycles. The summed E-state index contributed by atoms with van der Waals surface area (Å²) in [4.78, 5) is 27.9. The maximum Gasteiger partial charge on any atom is 0.279 e. The highest BCUT2D eigenvalue weighted by molar-refractivity contribution is 5.94. The minimum atomic E-state index is -0.844. The third-order valence-electron chi connectivity index (χ3n) is 5.17. The first-order valence-electron chi connectivity index (χ1n) is 9.93. The molecule has 0 radical (unpaired) electrons. The van der Waals surface area contributed by atoms with E-state index in [4.69, 9.17) is 9.47 Å². The van der Waals surface area contributed by atoms with E-state index in [-0.39, 0.29) is 40.6 Å². The van der Waals surface area contributed by atoms with Crippen LogP contribution in [0.5, 0.6) is 17.2 Å². The van der Waals surface area contributed by atoms with Crippen molar-refractivity contribution in [2.24, 2.45) is 0 Å². The summed E-state index contributed by atoms with van der Waals surface area (Å²) < 4.78 is 10.8. The zero-order valence-corrected chi connectivity index (χ0v) is 16.8. The van der Waals surface area contributed by atoms with Crippen molar-refractivity contribution in [2.75, 3.05) is 6.79 Å². The number of amides is 1. The number of unbranched alkanes of at least 4 members (excludes halogenated alkanes) is 1. The molecule has 160 valence electrons. The molecule has 0 fully saturated rings. The first kappa shape index (κ1) is 20.4. The highest BCUT2D eigenvalue weighted by Crippen LogP contribution is 2.41. The molecular weight excluding hydrogens is 402 g/mol. The van der Waals surface area contributed by atoms with E-state index in [9.17, 15) is 20.0 Å². The van der Waals surface area contributed by atoms with Crippen LogP contribution in [0.1, 0.15) is 43.4 Å². The van der Waals surface area contributed by atoms with E-state index in [0.717, 1.165) is 6.42 Å². The lowest BCUT2D eigenvalue weighted by atomic mass is 9.94. The summed E-state index contributed by atoms with van der Waals surface area (Å²) in [5.41, 5.74) is 0.667. The number of carbonyl (C=O) groups excluding carboxylic acids is 1. The van der Waals surface area contributed by atoms with Crippen molar-refractivity contribution < 1.29 is 24.3 Å². The van der Waals surface area contributed by atoms with Gasteiger partial charge >= 0.3 is 0 Å². The van der Waals surface area contributed by atoms with Crippen LogP contribution in [0, 0.1) is 10.1 Å². The van der Waals surface area contributed by atoms with Crippen LogP contribution in [0.15, 0.2) is 42.6 Å². The smallest absolute Gasteiger partial charge is 0.279 e. The normalized spacial score (nSPS) is 13.2. The molecule has 9 nitrogen and oxygen atoms in total. The Morgan fingerprint density at radius 1 is 1.29 bits per heavy atom. The zero-order valence-electron chi connectivity index (χ0n) is 16.8. The van der Waals surface area contributed by atoms with Crippen molar-refractivity contribution in [3.63, 3.8) is 0 Å². The highest BCUT2D eigenvalue weighted by atomic mass is 16.7. The van der Waals surface area contributed by atoms with Gasteiger partial charge in [-0.2, -0.15) is 0 Å². The van der Waals surface area contributed by atoms with Gasteiger partial charge in [0, 0.05) is 24.2 Å². The fraction of sp³-hybridized carbons (Fsp3) is 0.273. The second-order valence-corrected chi connectivity index (χ2v) is 7.21. The molecule has 1 atom stereocenters. The molecule has 0 saturated heterocycles. The van der Waals surface area contributed by atoms with Crippen LogP contribution >= 0.6 is 0 Å². The van der Waals surface area contributed by atoms with E-state index in [1.807, 2.05) is 6.92 Å². The predicted octanol–water partition coefficient (Wildman–Crippen LogP) is 3.97. The maximum atomic E-state index is 12.6.